The highest BCUT2D eigenvalue weighted by molar-refractivity contribution is 5.93. The van der Waals surface area contributed by atoms with Crippen molar-refractivity contribution in [3.05, 3.63) is 17.0 Å². The molecule has 4 nitrogen and oxygen atoms in total. The molecule has 1 aromatic rings. The van der Waals surface area contributed by atoms with E-state index in [1.165, 1.54) is 0 Å². The van der Waals surface area contributed by atoms with Gasteiger partial charge in [0.25, 0.3) is 0 Å². The van der Waals surface area contributed by atoms with E-state index in [9.17, 15) is 4.79 Å². The van der Waals surface area contributed by atoms with Crippen molar-refractivity contribution < 1.29 is 4.79 Å². The molecule has 12 heavy (non-hydrogen) atoms. The summed E-state index contributed by atoms with van der Waals surface area (Å²) in [6.07, 6.45) is 0.940. The topological polar surface area (TPSA) is 57.8 Å². The van der Waals surface area contributed by atoms with Gasteiger partial charge in [-0.3, -0.25) is 9.89 Å². The summed E-state index contributed by atoms with van der Waals surface area (Å²) in [6, 6.07) is 0. The van der Waals surface area contributed by atoms with E-state index in [4.69, 9.17) is 0 Å². The minimum Gasteiger partial charge on any atom is -0.312 e. The number of ketones is 1. The van der Waals surface area contributed by atoms with E-state index in [1.807, 2.05) is 0 Å². The van der Waals surface area contributed by atoms with Crippen LogP contribution in [-0.2, 0) is 13.0 Å². The van der Waals surface area contributed by atoms with Gasteiger partial charge in [-0.05, 0) is 0 Å². The number of carbonyl (C=O) groups excluding carboxylic acids is 1. The smallest absolute Gasteiger partial charge is 0.180 e. The zero-order valence-corrected chi connectivity index (χ0v) is 6.98. The molecular weight excluding hydrogens is 154 g/mol. The minimum atomic E-state index is 0.0381. The first-order valence-corrected chi connectivity index (χ1v) is 4.07. The van der Waals surface area contributed by atoms with Gasteiger partial charge in [0.05, 0.1) is 0 Å². The number of nitrogens with one attached hydrogen (secondary N) is 2. The summed E-state index contributed by atoms with van der Waals surface area (Å²) in [6.45, 7) is 3.28. The van der Waals surface area contributed by atoms with Crippen molar-refractivity contribution in [3.63, 3.8) is 0 Å². The summed E-state index contributed by atoms with van der Waals surface area (Å²) in [4.78, 5) is 11.1. The maximum absolute atomic E-state index is 11.1. The highest BCUT2D eigenvalue weighted by Gasteiger charge is 2.18. The number of aromatic nitrogens is 2. The maximum Gasteiger partial charge on any atom is 0.180 e. The average Bonchev–Trinajstić information content (AvgIpc) is 2.47. The molecule has 0 bridgehead atoms. The second-order valence-corrected chi connectivity index (χ2v) is 3.01. The van der Waals surface area contributed by atoms with Crippen LogP contribution in [0.25, 0.3) is 0 Å². The summed E-state index contributed by atoms with van der Waals surface area (Å²) in [5, 5.41) is 10.1. The zero-order valence-electron chi connectivity index (χ0n) is 6.98. The first-order valence-electron chi connectivity index (χ1n) is 4.07. The van der Waals surface area contributed by atoms with Crippen LogP contribution < -0.4 is 5.32 Å². The maximum atomic E-state index is 11.1. The Morgan fingerprint density at radius 3 is 3.17 bits per heavy atom. The molecule has 0 saturated carbocycles. The largest absolute Gasteiger partial charge is 0.312 e. The molecule has 64 valence electrons. The molecular formula is C8H11N3O. The van der Waals surface area contributed by atoms with E-state index in [0.29, 0.717) is 5.69 Å². The number of aromatic amines is 1. The van der Waals surface area contributed by atoms with Crippen LogP contribution in [0.15, 0.2) is 0 Å². The number of H-pyrrole nitrogens is 1. The van der Waals surface area contributed by atoms with Gasteiger partial charge in [0.15, 0.2) is 5.78 Å². The standard InChI is InChI=1S/C8H11N3O/c1-5(12)8-6-4-9-3-2-7(6)10-11-8/h9H,2-4H2,1H3,(H,10,11). The Hall–Kier alpha value is -1.16. The van der Waals surface area contributed by atoms with Gasteiger partial charge in [0.2, 0.25) is 0 Å². The lowest BCUT2D eigenvalue weighted by atomic mass is 10.1. The summed E-state index contributed by atoms with van der Waals surface area (Å²) in [5.74, 6) is 0.0381. The lowest BCUT2D eigenvalue weighted by Gasteiger charge is -2.11. The van der Waals surface area contributed by atoms with Gasteiger partial charge in [0, 0.05) is 37.7 Å². The summed E-state index contributed by atoms with van der Waals surface area (Å²) in [7, 11) is 0. The van der Waals surface area contributed by atoms with Gasteiger partial charge >= 0.3 is 0 Å². The summed E-state index contributed by atoms with van der Waals surface area (Å²) in [5.41, 5.74) is 2.75. The Morgan fingerprint density at radius 1 is 1.58 bits per heavy atom. The van der Waals surface area contributed by atoms with Crippen molar-refractivity contribution in [2.45, 2.75) is 19.9 Å². The zero-order chi connectivity index (χ0) is 8.55. The van der Waals surface area contributed by atoms with Crippen molar-refractivity contribution in [3.8, 4) is 0 Å². The molecule has 0 fully saturated rings. The van der Waals surface area contributed by atoms with Crippen LogP contribution in [-0.4, -0.2) is 22.5 Å². The Labute approximate surface area is 70.4 Å². The normalized spacial score (nSPS) is 15.8. The van der Waals surface area contributed by atoms with Crippen molar-refractivity contribution in [1.82, 2.24) is 15.5 Å². The van der Waals surface area contributed by atoms with E-state index in [1.54, 1.807) is 6.92 Å². The Balaban J connectivity index is 2.44. The molecule has 0 saturated heterocycles. The highest BCUT2D eigenvalue weighted by Crippen LogP contribution is 2.15. The Morgan fingerprint density at radius 2 is 2.42 bits per heavy atom. The van der Waals surface area contributed by atoms with E-state index in [0.717, 1.165) is 30.8 Å². The molecule has 0 atom stereocenters. The van der Waals surface area contributed by atoms with Crippen LogP contribution in [0.3, 0.4) is 0 Å². The van der Waals surface area contributed by atoms with Gasteiger partial charge in [-0.1, -0.05) is 0 Å². The van der Waals surface area contributed by atoms with Gasteiger partial charge in [-0.15, -0.1) is 0 Å². The van der Waals surface area contributed by atoms with Crippen molar-refractivity contribution in [2.75, 3.05) is 6.54 Å². The summed E-state index contributed by atoms with van der Waals surface area (Å²) >= 11 is 0. The SMILES string of the molecule is CC(=O)c1n[nH]c2c1CNCC2. The first-order chi connectivity index (χ1) is 5.79. The van der Waals surface area contributed by atoms with Crippen LogP contribution >= 0.6 is 0 Å². The molecule has 0 unspecified atom stereocenters. The first kappa shape index (κ1) is 7.49. The van der Waals surface area contributed by atoms with Gasteiger partial charge in [-0.25, -0.2) is 0 Å². The Bertz CT molecular complexity index is 316. The summed E-state index contributed by atoms with van der Waals surface area (Å²) < 4.78 is 0. The molecule has 0 radical (unpaired) electrons. The number of carbonyl (C=O) groups is 1. The molecule has 0 aromatic carbocycles. The van der Waals surface area contributed by atoms with E-state index < -0.39 is 0 Å². The lowest BCUT2D eigenvalue weighted by molar-refractivity contribution is 0.101. The molecule has 0 amide bonds. The van der Waals surface area contributed by atoms with Crippen molar-refractivity contribution in [1.29, 1.82) is 0 Å². The molecule has 0 spiro atoms. The second-order valence-electron chi connectivity index (χ2n) is 3.01. The molecule has 2 heterocycles. The molecule has 1 aliphatic heterocycles. The predicted octanol–water partition coefficient (Wildman–Crippen LogP) is 0.258. The van der Waals surface area contributed by atoms with Gasteiger partial charge in [-0.2, -0.15) is 5.10 Å². The van der Waals surface area contributed by atoms with Gasteiger partial charge in [0.1, 0.15) is 5.69 Å². The number of hydrogen-bond donors (Lipinski definition) is 2. The monoisotopic (exact) mass is 165 g/mol. The fourth-order valence-electron chi connectivity index (χ4n) is 1.52. The van der Waals surface area contributed by atoms with Crippen LogP contribution in [0.4, 0.5) is 0 Å². The van der Waals surface area contributed by atoms with Crippen LogP contribution in [0, 0.1) is 0 Å². The van der Waals surface area contributed by atoms with Crippen LogP contribution in [0.5, 0.6) is 0 Å². The molecule has 1 aliphatic rings. The molecule has 0 aliphatic carbocycles. The Kier molecular flexibility index (Phi) is 1.69. The molecule has 2 rings (SSSR count). The third-order valence-electron chi connectivity index (χ3n) is 2.14. The van der Waals surface area contributed by atoms with Gasteiger partial charge < -0.3 is 5.32 Å². The minimum absolute atomic E-state index is 0.0381. The van der Waals surface area contributed by atoms with E-state index >= 15 is 0 Å². The number of nitrogens with zero attached hydrogens (tertiary/aromatic N) is 1. The number of hydrogen-bond acceptors (Lipinski definition) is 3. The predicted molar refractivity (Wildman–Crippen MR) is 44.0 cm³/mol. The van der Waals surface area contributed by atoms with E-state index in [-0.39, 0.29) is 5.78 Å². The number of Topliss-reactive ketones (excluding diaryl/α,β-unsaturated/α-hetero) is 1. The van der Waals surface area contributed by atoms with Crippen molar-refractivity contribution in [2.24, 2.45) is 0 Å². The van der Waals surface area contributed by atoms with Crippen LogP contribution in [0.1, 0.15) is 28.7 Å². The lowest BCUT2D eigenvalue weighted by Crippen LogP contribution is -2.24. The van der Waals surface area contributed by atoms with E-state index in [2.05, 4.69) is 15.5 Å². The quantitative estimate of drug-likeness (QED) is 0.587. The fourth-order valence-corrected chi connectivity index (χ4v) is 1.52. The van der Waals surface area contributed by atoms with Crippen molar-refractivity contribution >= 4 is 5.78 Å². The third kappa shape index (κ3) is 1.04. The second kappa shape index (κ2) is 2.71. The van der Waals surface area contributed by atoms with Crippen LogP contribution in [0.2, 0.25) is 0 Å². The average molecular weight is 165 g/mol. The third-order valence-corrected chi connectivity index (χ3v) is 2.14. The highest BCUT2D eigenvalue weighted by atomic mass is 16.1. The number of fused-ring (bicyclic) bond motifs is 1. The molecule has 4 heteroatoms. The molecule has 2 N–H and O–H groups in total. The number of rotatable bonds is 1. The molecule has 1 aromatic heterocycles. The fraction of sp³-hybridized carbons (Fsp3) is 0.500.